The van der Waals surface area contributed by atoms with Crippen molar-refractivity contribution in [1.29, 1.82) is 0 Å². The lowest BCUT2D eigenvalue weighted by Crippen LogP contribution is -2.54. The van der Waals surface area contributed by atoms with Gasteiger partial charge < -0.3 is 26.4 Å². The Kier molecular flexibility index (Phi) is 10.9. The van der Waals surface area contributed by atoms with Gasteiger partial charge in [0.05, 0.1) is 18.8 Å². The lowest BCUT2D eigenvalue weighted by molar-refractivity contribution is -0.143. The summed E-state index contributed by atoms with van der Waals surface area (Å²) in [5.41, 5.74) is 13.3. The monoisotopic (exact) mass is 514 g/mol. The van der Waals surface area contributed by atoms with E-state index in [1.165, 1.54) is 5.56 Å². The van der Waals surface area contributed by atoms with Crippen molar-refractivity contribution >= 4 is 17.7 Å². The van der Waals surface area contributed by atoms with Crippen LogP contribution in [0.5, 0.6) is 0 Å². The number of benzene rings is 1. The number of likely N-dealkylation sites (tertiary alicyclic amines) is 1. The summed E-state index contributed by atoms with van der Waals surface area (Å²) in [7, 11) is 0. The van der Waals surface area contributed by atoms with Gasteiger partial charge in [0.2, 0.25) is 17.7 Å². The molecule has 3 rings (SSSR count). The van der Waals surface area contributed by atoms with Gasteiger partial charge in [-0.3, -0.25) is 14.4 Å². The fourth-order valence-electron chi connectivity index (χ4n) is 5.39. The van der Waals surface area contributed by atoms with E-state index in [1.807, 2.05) is 26.0 Å². The second-order valence-corrected chi connectivity index (χ2v) is 11.0. The molecule has 206 valence electrons. The molecule has 0 spiro atoms. The molecule has 5 N–H and O–H groups in total. The molecule has 3 amide bonds. The number of aryl methyl sites for hydroxylation is 1. The number of carbonyl (C=O) groups excluding carboxylic acids is 3. The molecular formula is C29H46N4O4. The van der Waals surface area contributed by atoms with Gasteiger partial charge in [0.1, 0.15) is 6.04 Å². The first-order valence-corrected chi connectivity index (χ1v) is 14.0. The standard InChI is InChI=1S/C29H46N4O4/c1-4-5-7-19(2)29(36)33-17-23-16-24(23)27(33)28(35)32-25(13-14-26(31)34)20(3)37-18-22-11-9-21(10-12-22)8-6-15-30/h9-12,19-20,23-25,27H,4-8,13-18,30H2,1-3H3,(H2,31,34)(H,32,35)/t19-,20+,23+,24+,25-,27-/m0/s1. The van der Waals surface area contributed by atoms with Crippen LogP contribution in [0.25, 0.3) is 0 Å². The van der Waals surface area contributed by atoms with Crippen LogP contribution in [0.2, 0.25) is 0 Å². The number of ether oxygens (including phenoxy) is 1. The van der Waals surface area contributed by atoms with E-state index in [9.17, 15) is 14.4 Å². The predicted octanol–water partition coefficient (Wildman–Crippen LogP) is 2.91. The smallest absolute Gasteiger partial charge is 0.243 e. The number of unbranched alkanes of at least 4 members (excludes halogenated alkanes) is 1. The van der Waals surface area contributed by atoms with E-state index in [0.717, 1.165) is 44.1 Å². The topological polar surface area (TPSA) is 128 Å². The van der Waals surface area contributed by atoms with Crippen molar-refractivity contribution in [2.75, 3.05) is 13.1 Å². The molecular weight excluding hydrogens is 468 g/mol. The average molecular weight is 515 g/mol. The number of nitrogens with two attached hydrogens (primary N) is 2. The van der Waals surface area contributed by atoms with Gasteiger partial charge in [-0.2, -0.15) is 0 Å². The number of hydrogen-bond acceptors (Lipinski definition) is 5. The number of nitrogens with zero attached hydrogens (tertiary/aromatic N) is 1. The van der Waals surface area contributed by atoms with Gasteiger partial charge in [-0.1, -0.05) is 51.0 Å². The van der Waals surface area contributed by atoms with Crippen LogP contribution in [0, 0.1) is 17.8 Å². The maximum absolute atomic E-state index is 13.5. The summed E-state index contributed by atoms with van der Waals surface area (Å²) >= 11 is 0. The fraction of sp³-hybridized carbons (Fsp3) is 0.690. The maximum Gasteiger partial charge on any atom is 0.243 e. The Labute approximate surface area is 221 Å². The van der Waals surface area contributed by atoms with E-state index in [1.54, 1.807) is 4.90 Å². The molecule has 0 bridgehead atoms. The van der Waals surface area contributed by atoms with Crippen molar-refractivity contribution in [2.24, 2.45) is 29.2 Å². The molecule has 6 atom stereocenters. The SMILES string of the molecule is CCCC[C@H](C)C(=O)N1C[C@H]2C[C@H]2[C@H]1C(=O)N[C@@H](CCC(N)=O)[C@@H](C)OCc1ccc(CCCN)cc1. The van der Waals surface area contributed by atoms with Gasteiger partial charge in [0.25, 0.3) is 0 Å². The molecule has 1 aliphatic heterocycles. The van der Waals surface area contributed by atoms with Crippen molar-refractivity contribution < 1.29 is 19.1 Å². The Morgan fingerprint density at radius 3 is 2.46 bits per heavy atom. The highest BCUT2D eigenvalue weighted by atomic mass is 16.5. The van der Waals surface area contributed by atoms with Gasteiger partial charge in [0, 0.05) is 18.9 Å². The number of fused-ring (bicyclic) bond motifs is 1. The molecule has 0 radical (unpaired) electrons. The highest BCUT2D eigenvalue weighted by Crippen LogP contribution is 2.50. The van der Waals surface area contributed by atoms with E-state index in [0.29, 0.717) is 32.0 Å². The third-order valence-electron chi connectivity index (χ3n) is 7.92. The second kappa shape index (κ2) is 13.9. The van der Waals surface area contributed by atoms with Crippen molar-refractivity contribution in [3.8, 4) is 0 Å². The first-order chi connectivity index (χ1) is 17.7. The molecule has 1 aromatic carbocycles. The normalized spacial score (nSPS) is 22.7. The molecule has 37 heavy (non-hydrogen) atoms. The van der Waals surface area contributed by atoms with E-state index in [4.69, 9.17) is 16.2 Å². The summed E-state index contributed by atoms with van der Waals surface area (Å²) in [4.78, 5) is 40.0. The van der Waals surface area contributed by atoms with Gasteiger partial charge >= 0.3 is 0 Å². The minimum Gasteiger partial charge on any atom is -0.372 e. The summed E-state index contributed by atoms with van der Waals surface area (Å²) in [5, 5.41) is 3.13. The number of rotatable bonds is 16. The van der Waals surface area contributed by atoms with Gasteiger partial charge in [-0.25, -0.2) is 0 Å². The number of piperidine rings is 1. The van der Waals surface area contributed by atoms with Crippen molar-refractivity contribution in [1.82, 2.24) is 10.2 Å². The number of carbonyl (C=O) groups is 3. The summed E-state index contributed by atoms with van der Waals surface area (Å²) in [6, 6.07) is 7.45. The molecule has 1 heterocycles. The summed E-state index contributed by atoms with van der Waals surface area (Å²) in [6.07, 6.45) is 6.01. The zero-order valence-electron chi connectivity index (χ0n) is 22.8. The highest BCUT2D eigenvalue weighted by molar-refractivity contribution is 5.90. The first kappa shape index (κ1) is 29.1. The number of amides is 3. The molecule has 2 aliphatic rings. The molecule has 8 heteroatoms. The Morgan fingerprint density at radius 1 is 1.11 bits per heavy atom. The van der Waals surface area contributed by atoms with Crippen molar-refractivity contribution in [3.05, 3.63) is 35.4 Å². The Hall–Kier alpha value is -2.45. The van der Waals surface area contributed by atoms with Gasteiger partial charge in [-0.15, -0.1) is 0 Å². The minimum atomic E-state index is -0.439. The quantitative estimate of drug-likeness (QED) is 0.313. The maximum atomic E-state index is 13.5. The van der Waals surface area contributed by atoms with E-state index < -0.39 is 11.9 Å². The van der Waals surface area contributed by atoms with E-state index >= 15 is 0 Å². The minimum absolute atomic E-state index is 0.0775. The Bertz CT molecular complexity index is 906. The van der Waals surface area contributed by atoms with Crippen LogP contribution >= 0.6 is 0 Å². The Morgan fingerprint density at radius 2 is 1.81 bits per heavy atom. The second-order valence-electron chi connectivity index (χ2n) is 11.0. The van der Waals surface area contributed by atoms with Crippen LogP contribution in [0.15, 0.2) is 24.3 Å². The molecule has 8 nitrogen and oxygen atoms in total. The zero-order valence-corrected chi connectivity index (χ0v) is 22.8. The van der Waals surface area contributed by atoms with Crippen LogP contribution in [0.3, 0.4) is 0 Å². The summed E-state index contributed by atoms with van der Waals surface area (Å²) < 4.78 is 6.13. The van der Waals surface area contributed by atoms with E-state index in [-0.39, 0.29) is 42.2 Å². The van der Waals surface area contributed by atoms with Crippen molar-refractivity contribution in [2.45, 2.75) is 96.9 Å². The van der Waals surface area contributed by atoms with Gasteiger partial charge in [-0.05, 0) is 68.5 Å². The summed E-state index contributed by atoms with van der Waals surface area (Å²) in [5.74, 6) is 0.0900. The molecule has 1 saturated carbocycles. The lowest BCUT2D eigenvalue weighted by atomic mass is 10.0. The molecule has 1 aliphatic carbocycles. The number of hydrogen-bond donors (Lipinski definition) is 3. The van der Waals surface area contributed by atoms with Gasteiger partial charge in [0.15, 0.2) is 0 Å². The average Bonchev–Trinajstić information content (AvgIpc) is 3.55. The van der Waals surface area contributed by atoms with Crippen LogP contribution in [0.1, 0.15) is 76.8 Å². The third kappa shape index (κ3) is 8.27. The zero-order chi connectivity index (χ0) is 26.9. The third-order valence-corrected chi connectivity index (χ3v) is 7.92. The number of primary amides is 1. The van der Waals surface area contributed by atoms with Crippen molar-refractivity contribution in [3.63, 3.8) is 0 Å². The molecule has 0 aromatic heterocycles. The highest BCUT2D eigenvalue weighted by Gasteiger charge is 2.57. The van der Waals surface area contributed by atoms with Crippen LogP contribution in [0.4, 0.5) is 0 Å². The van der Waals surface area contributed by atoms with Crippen LogP contribution in [-0.4, -0.2) is 53.9 Å². The first-order valence-electron chi connectivity index (χ1n) is 14.0. The van der Waals surface area contributed by atoms with Crippen LogP contribution < -0.4 is 16.8 Å². The predicted molar refractivity (Wildman–Crippen MR) is 144 cm³/mol. The lowest BCUT2D eigenvalue weighted by Gasteiger charge is -2.32. The van der Waals surface area contributed by atoms with Crippen LogP contribution in [-0.2, 0) is 32.1 Å². The molecule has 1 aromatic rings. The fourth-order valence-corrected chi connectivity index (χ4v) is 5.39. The Balaban J connectivity index is 1.61. The summed E-state index contributed by atoms with van der Waals surface area (Å²) in [6.45, 7) is 7.73. The molecule has 1 saturated heterocycles. The largest absolute Gasteiger partial charge is 0.372 e. The molecule has 0 unspecified atom stereocenters. The molecule has 2 fully saturated rings. The number of nitrogens with one attached hydrogen (secondary N) is 1. The van der Waals surface area contributed by atoms with E-state index in [2.05, 4.69) is 24.4 Å².